The van der Waals surface area contributed by atoms with E-state index < -0.39 is 0 Å². The maximum atomic E-state index is 11.3. The molecule has 4 nitrogen and oxygen atoms in total. The first-order valence-corrected chi connectivity index (χ1v) is 4.41. The van der Waals surface area contributed by atoms with Gasteiger partial charge >= 0.3 is 0 Å². The molecule has 0 fully saturated rings. The van der Waals surface area contributed by atoms with Crippen LogP contribution in [0.4, 0.5) is 0 Å². The van der Waals surface area contributed by atoms with Crippen molar-refractivity contribution in [2.24, 2.45) is 5.73 Å². The van der Waals surface area contributed by atoms with Gasteiger partial charge in [0.15, 0.2) is 0 Å². The Morgan fingerprint density at radius 3 is 2.69 bits per heavy atom. The summed E-state index contributed by atoms with van der Waals surface area (Å²) in [5.41, 5.74) is 6.81. The van der Waals surface area contributed by atoms with Crippen LogP contribution in [0, 0.1) is 13.8 Å². The van der Waals surface area contributed by atoms with Crippen LogP contribution < -0.4 is 11.3 Å². The summed E-state index contributed by atoms with van der Waals surface area (Å²) >= 11 is 0. The number of nitrogens with two attached hydrogens (primary N) is 1. The van der Waals surface area contributed by atoms with Crippen molar-refractivity contribution in [2.75, 3.05) is 6.54 Å². The van der Waals surface area contributed by atoms with Crippen LogP contribution >= 0.6 is 0 Å². The standard InChI is InChI=1S/C9H15N3O/c1-6-7(2)11-8(4-3-5-10)12-9(6)13/h3-5,10H2,1-2H3,(H,11,12,13). The van der Waals surface area contributed by atoms with Crippen LogP contribution in [0.25, 0.3) is 0 Å². The molecule has 4 heteroatoms. The van der Waals surface area contributed by atoms with Gasteiger partial charge in [0.2, 0.25) is 0 Å². The molecule has 1 heterocycles. The molecule has 72 valence electrons. The van der Waals surface area contributed by atoms with E-state index in [9.17, 15) is 4.79 Å². The fraction of sp³-hybridized carbons (Fsp3) is 0.556. The fourth-order valence-corrected chi connectivity index (χ4v) is 1.09. The summed E-state index contributed by atoms with van der Waals surface area (Å²) in [5.74, 6) is 0.735. The first-order valence-electron chi connectivity index (χ1n) is 4.41. The minimum atomic E-state index is -0.0421. The summed E-state index contributed by atoms with van der Waals surface area (Å²) in [5, 5.41) is 0. The number of hydrogen-bond donors (Lipinski definition) is 2. The first-order chi connectivity index (χ1) is 6.15. The molecule has 13 heavy (non-hydrogen) atoms. The Bertz CT molecular complexity index is 343. The molecule has 3 N–H and O–H groups in total. The van der Waals surface area contributed by atoms with Gasteiger partial charge in [0.1, 0.15) is 5.82 Å². The number of aromatic nitrogens is 2. The molecule has 0 aromatic carbocycles. The van der Waals surface area contributed by atoms with Crippen molar-refractivity contribution in [1.82, 2.24) is 9.97 Å². The van der Waals surface area contributed by atoms with E-state index in [2.05, 4.69) is 9.97 Å². The molecule has 0 aliphatic carbocycles. The molecular formula is C9H15N3O. The largest absolute Gasteiger partial charge is 0.330 e. The van der Waals surface area contributed by atoms with Crippen molar-refractivity contribution < 1.29 is 0 Å². The molecule has 0 saturated heterocycles. The van der Waals surface area contributed by atoms with Crippen LogP contribution in [0.2, 0.25) is 0 Å². The molecule has 1 aromatic heterocycles. The highest BCUT2D eigenvalue weighted by Gasteiger charge is 2.02. The highest BCUT2D eigenvalue weighted by molar-refractivity contribution is 5.13. The van der Waals surface area contributed by atoms with E-state index in [0.29, 0.717) is 12.1 Å². The second kappa shape index (κ2) is 4.18. The second-order valence-electron chi connectivity index (χ2n) is 3.12. The molecule has 0 bridgehead atoms. The Labute approximate surface area is 77.2 Å². The fourth-order valence-electron chi connectivity index (χ4n) is 1.09. The number of nitrogens with one attached hydrogen (secondary N) is 1. The van der Waals surface area contributed by atoms with Gasteiger partial charge in [-0.25, -0.2) is 4.98 Å². The van der Waals surface area contributed by atoms with Crippen molar-refractivity contribution in [3.05, 3.63) is 27.4 Å². The van der Waals surface area contributed by atoms with E-state index in [0.717, 1.165) is 24.4 Å². The Hall–Kier alpha value is -1.16. The van der Waals surface area contributed by atoms with Crippen molar-refractivity contribution in [1.29, 1.82) is 0 Å². The quantitative estimate of drug-likeness (QED) is 0.703. The lowest BCUT2D eigenvalue weighted by atomic mass is 10.2. The summed E-state index contributed by atoms with van der Waals surface area (Å²) in [6.07, 6.45) is 1.60. The zero-order valence-corrected chi connectivity index (χ0v) is 8.05. The van der Waals surface area contributed by atoms with Crippen LogP contribution in [0.15, 0.2) is 4.79 Å². The van der Waals surface area contributed by atoms with Crippen molar-refractivity contribution >= 4 is 0 Å². The summed E-state index contributed by atoms with van der Waals surface area (Å²) in [6, 6.07) is 0. The summed E-state index contributed by atoms with van der Waals surface area (Å²) in [7, 11) is 0. The van der Waals surface area contributed by atoms with Crippen molar-refractivity contribution in [3.8, 4) is 0 Å². The van der Waals surface area contributed by atoms with E-state index in [1.165, 1.54) is 0 Å². The average Bonchev–Trinajstić information content (AvgIpc) is 2.10. The smallest absolute Gasteiger partial charge is 0.254 e. The summed E-state index contributed by atoms with van der Waals surface area (Å²) in [6.45, 7) is 4.24. The third-order valence-corrected chi connectivity index (χ3v) is 2.06. The van der Waals surface area contributed by atoms with Gasteiger partial charge in [0, 0.05) is 17.7 Å². The SMILES string of the molecule is Cc1nc(CCCN)[nH]c(=O)c1C. The second-order valence-corrected chi connectivity index (χ2v) is 3.12. The molecular weight excluding hydrogens is 166 g/mol. The van der Waals surface area contributed by atoms with Crippen LogP contribution in [-0.2, 0) is 6.42 Å². The molecule has 0 radical (unpaired) electrons. The number of nitrogens with zero attached hydrogens (tertiary/aromatic N) is 1. The lowest BCUT2D eigenvalue weighted by Crippen LogP contribution is -2.17. The molecule has 1 rings (SSSR count). The van der Waals surface area contributed by atoms with Gasteiger partial charge in [-0.2, -0.15) is 0 Å². The minimum Gasteiger partial charge on any atom is -0.330 e. The lowest BCUT2D eigenvalue weighted by Gasteiger charge is -2.02. The third-order valence-electron chi connectivity index (χ3n) is 2.06. The zero-order chi connectivity index (χ0) is 9.84. The Morgan fingerprint density at radius 2 is 2.15 bits per heavy atom. The monoisotopic (exact) mass is 181 g/mol. The normalized spacial score (nSPS) is 10.4. The predicted octanol–water partition coefficient (Wildman–Crippen LogP) is 0.278. The van der Waals surface area contributed by atoms with Crippen LogP contribution in [-0.4, -0.2) is 16.5 Å². The highest BCUT2D eigenvalue weighted by atomic mass is 16.1. The Morgan fingerprint density at radius 1 is 1.46 bits per heavy atom. The van der Waals surface area contributed by atoms with Gasteiger partial charge in [-0.1, -0.05) is 0 Å². The van der Waals surface area contributed by atoms with Gasteiger partial charge in [0.05, 0.1) is 0 Å². The van der Waals surface area contributed by atoms with Crippen molar-refractivity contribution in [2.45, 2.75) is 26.7 Å². The zero-order valence-electron chi connectivity index (χ0n) is 8.05. The average molecular weight is 181 g/mol. The number of aromatic amines is 1. The minimum absolute atomic E-state index is 0.0421. The predicted molar refractivity (Wildman–Crippen MR) is 51.7 cm³/mol. The van der Waals surface area contributed by atoms with Gasteiger partial charge < -0.3 is 10.7 Å². The molecule has 0 aliphatic heterocycles. The Balaban J connectivity index is 2.93. The molecule has 0 spiro atoms. The van der Waals surface area contributed by atoms with E-state index in [1.807, 2.05) is 6.92 Å². The maximum absolute atomic E-state index is 11.3. The van der Waals surface area contributed by atoms with Gasteiger partial charge in [-0.05, 0) is 26.8 Å². The summed E-state index contributed by atoms with van der Waals surface area (Å²) < 4.78 is 0. The van der Waals surface area contributed by atoms with Crippen molar-refractivity contribution in [3.63, 3.8) is 0 Å². The highest BCUT2D eigenvalue weighted by Crippen LogP contribution is 1.98. The van der Waals surface area contributed by atoms with Crippen LogP contribution in [0.1, 0.15) is 23.5 Å². The number of rotatable bonds is 3. The van der Waals surface area contributed by atoms with E-state index in [-0.39, 0.29) is 5.56 Å². The van der Waals surface area contributed by atoms with Gasteiger partial charge in [-0.15, -0.1) is 0 Å². The molecule has 0 atom stereocenters. The van der Waals surface area contributed by atoms with E-state index in [1.54, 1.807) is 6.92 Å². The number of H-pyrrole nitrogens is 1. The van der Waals surface area contributed by atoms with Crippen LogP contribution in [0.3, 0.4) is 0 Å². The van der Waals surface area contributed by atoms with E-state index in [4.69, 9.17) is 5.73 Å². The molecule has 0 amide bonds. The summed E-state index contributed by atoms with van der Waals surface area (Å²) in [4.78, 5) is 18.3. The molecule has 1 aromatic rings. The first kappa shape index (κ1) is 9.92. The maximum Gasteiger partial charge on any atom is 0.254 e. The molecule has 0 saturated carbocycles. The molecule has 0 aliphatic rings. The lowest BCUT2D eigenvalue weighted by molar-refractivity contribution is 0.765. The van der Waals surface area contributed by atoms with Gasteiger partial charge in [0.25, 0.3) is 5.56 Å². The topological polar surface area (TPSA) is 71.8 Å². The third kappa shape index (κ3) is 2.39. The Kier molecular flexibility index (Phi) is 3.19. The van der Waals surface area contributed by atoms with E-state index >= 15 is 0 Å². The number of hydrogen-bond acceptors (Lipinski definition) is 3. The van der Waals surface area contributed by atoms with Gasteiger partial charge in [-0.3, -0.25) is 4.79 Å². The number of aryl methyl sites for hydroxylation is 2. The molecule has 0 unspecified atom stereocenters. The van der Waals surface area contributed by atoms with Crippen LogP contribution in [0.5, 0.6) is 0 Å².